The lowest BCUT2D eigenvalue weighted by molar-refractivity contribution is -0.119. The molecule has 0 aliphatic rings. The van der Waals surface area contributed by atoms with E-state index in [0.29, 0.717) is 16.1 Å². The van der Waals surface area contributed by atoms with E-state index in [9.17, 15) is 13.8 Å². The Labute approximate surface area is 141 Å². The average molecular weight is 342 g/mol. The molecule has 0 spiro atoms. The molecule has 24 heavy (non-hydrogen) atoms. The van der Waals surface area contributed by atoms with E-state index in [1.165, 1.54) is 12.3 Å². The highest BCUT2D eigenvalue weighted by molar-refractivity contribution is 7.84. The molecule has 122 valence electrons. The van der Waals surface area contributed by atoms with E-state index >= 15 is 0 Å². The van der Waals surface area contributed by atoms with Gasteiger partial charge < -0.3 is 10.1 Å². The van der Waals surface area contributed by atoms with E-state index in [0.717, 1.165) is 0 Å². The average Bonchev–Trinajstić information content (AvgIpc) is 2.60. The van der Waals surface area contributed by atoms with Gasteiger partial charge >= 0.3 is 5.97 Å². The van der Waals surface area contributed by atoms with E-state index in [-0.39, 0.29) is 5.56 Å². The van der Waals surface area contributed by atoms with Crippen LogP contribution in [0.1, 0.15) is 15.9 Å². The van der Waals surface area contributed by atoms with Crippen LogP contribution in [0.3, 0.4) is 0 Å². The molecule has 0 bridgehead atoms. The van der Waals surface area contributed by atoms with Gasteiger partial charge in [-0.2, -0.15) is 5.26 Å². The minimum Gasteiger partial charge on any atom is -0.452 e. The van der Waals surface area contributed by atoms with Crippen LogP contribution in [0.2, 0.25) is 0 Å². The standard InChI is InChI=1S/C17H14N2O4S/c1-24(22)15-5-3-2-4-14(15)17(21)23-11-16(20)19-13-8-6-12(10-18)7-9-13/h2-9H,11H2,1H3,(H,19,20)/t24-/m0/s1. The lowest BCUT2D eigenvalue weighted by atomic mass is 10.2. The van der Waals surface area contributed by atoms with Gasteiger partial charge in [0.2, 0.25) is 0 Å². The van der Waals surface area contributed by atoms with E-state index < -0.39 is 29.3 Å². The summed E-state index contributed by atoms with van der Waals surface area (Å²) in [6, 6.07) is 14.6. The van der Waals surface area contributed by atoms with Gasteiger partial charge in [-0.3, -0.25) is 9.00 Å². The van der Waals surface area contributed by atoms with Crippen molar-refractivity contribution in [1.82, 2.24) is 0 Å². The fourth-order valence-corrected chi connectivity index (χ4v) is 2.65. The highest BCUT2D eigenvalue weighted by Crippen LogP contribution is 2.14. The Kier molecular flexibility index (Phi) is 5.82. The summed E-state index contributed by atoms with van der Waals surface area (Å²) in [7, 11) is -1.34. The van der Waals surface area contributed by atoms with E-state index in [4.69, 9.17) is 10.00 Å². The molecule has 6 nitrogen and oxygen atoms in total. The number of rotatable bonds is 5. The zero-order valence-corrected chi connectivity index (χ0v) is 13.6. The molecule has 0 aliphatic carbocycles. The fraction of sp³-hybridized carbons (Fsp3) is 0.118. The predicted octanol–water partition coefficient (Wildman–Crippen LogP) is 2.09. The van der Waals surface area contributed by atoms with Crippen LogP contribution in [0.4, 0.5) is 5.69 Å². The molecule has 1 atom stereocenters. The first-order valence-corrected chi connectivity index (χ1v) is 8.46. The molecule has 2 aromatic rings. The van der Waals surface area contributed by atoms with Gasteiger partial charge in [0.05, 0.1) is 32.9 Å². The van der Waals surface area contributed by atoms with Crippen LogP contribution in [0.5, 0.6) is 0 Å². The lowest BCUT2D eigenvalue weighted by Crippen LogP contribution is -2.21. The first-order chi connectivity index (χ1) is 11.5. The maximum absolute atomic E-state index is 12.0. The third-order valence-electron chi connectivity index (χ3n) is 3.05. The Hall–Kier alpha value is -2.98. The number of nitriles is 1. The summed E-state index contributed by atoms with van der Waals surface area (Å²) in [5.41, 5.74) is 1.14. The van der Waals surface area contributed by atoms with Gasteiger partial charge in [-0.1, -0.05) is 12.1 Å². The molecule has 0 fully saturated rings. The largest absolute Gasteiger partial charge is 0.452 e. The summed E-state index contributed by atoms with van der Waals surface area (Å²) in [6.45, 7) is -0.469. The van der Waals surface area contributed by atoms with Gasteiger partial charge in [0.1, 0.15) is 0 Å². The molecular weight excluding hydrogens is 328 g/mol. The second-order valence-electron chi connectivity index (χ2n) is 4.76. The van der Waals surface area contributed by atoms with E-state index in [2.05, 4.69) is 5.32 Å². The van der Waals surface area contributed by atoms with Crippen LogP contribution < -0.4 is 5.32 Å². The minimum absolute atomic E-state index is 0.171. The molecule has 0 saturated carbocycles. The zero-order chi connectivity index (χ0) is 17.5. The van der Waals surface area contributed by atoms with Crippen molar-refractivity contribution in [3.05, 3.63) is 59.7 Å². The molecule has 1 N–H and O–H groups in total. The monoisotopic (exact) mass is 342 g/mol. The molecule has 0 unspecified atom stereocenters. The number of esters is 1. The van der Waals surface area contributed by atoms with Crippen molar-refractivity contribution in [2.75, 3.05) is 18.2 Å². The van der Waals surface area contributed by atoms with Gasteiger partial charge in [0, 0.05) is 11.9 Å². The van der Waals surface area contributed by atoms with E-state index in [1.807, 2.05) is 6.07 Å². The Bertz CT molecular complexity index is 825. The van der Waals surface area contributed by atoms with Crippen LogP contribution >= 0.6 is 0 Å². The van der Waals surface area contributed by atoms with Gasteiger partial charge in [0.25, 0.3) is 5.91 Å². The Morgan fingerprint density at radius 3 is 2.46 bits per heavy atom. The molecule has 1 amide bonds. The van der Waals surface area contributed by atoms with E-state index in [1.54, 1.807) is 42.5 Å². The smallest absolute Gasteiger partial charge is 0.339 e. The highest BCUT2D eigenvalue weighted by atomic mass is 32.2. The van der Waals surface area contributed by atoms with Crippen molar-refractivity contribution in [3.63, 3.8) is 0 Å². The zero-order valence-electron chi connectivity index (χ0n) is 12.8. The van der Waals surface area contributed by atoms with Crippen LogP contribution in [0.15, 0.2) is 53.4 Å². The molecule has 2 rings (SSSR count). The normalized spacial score (nSPS) is 11.2. The summed E-state index contributed by atoms with van der Waals surface area (Å²) in [6.07, 6.45) is 1.46. The number of ether oxygens (including phenoxy) is 1. The third kappa shape index (κ3) is 4.51. The molecule has 7 heteroatoms. The van der Waals surface area contributed by atoms with Crippen molar-refractivity contribution >= 4 is 28.4 Å². The number of carbonyl (C=O) groups excluding carboxylic acids is 2. The maximum atomic E-state index is 12.0. The van der Waals surface area contributed by atoms with Gasteiger partial charge in [-0.15, -0.1) is 0 Å². The molecular formula is C17H14N2O4S. The molecule has 0 saturated heterocycles. The number of hydrogen-bond donors (Lipinski definition) is 1. The molecule has 0 heterocycles. The van der Waals surface area contributed by atoms with Crippen molar-refractivity contribution in [2.24, 2.45) is 0 Å². The molecule has 2 aromatic carbocycles. The van der Waals surface area contributed by atoms with Gasteiger partial charge in [-0.25, -0.2) is 4.79 Å². The van der Waals surface area contributed by atoms with Crippen molar-refractivity contribution < 1.29 is 18.5 Å². The fourth-order valence-electron chi connectivity index (χ4n) is 1.92. The van der Waals surface area contributed by atoms with Gasteiger partial charge in [0.15, 0.2) is 6.61 Å². The van der Waals surface area contributed by atoms with Crippen molar-refractivity contribution in [3.8, 4) is 6.07 Å². The first-order valence-electron chi connectivity index (χ1n) is 6.91. The van der Waals surface area contributed by atoms with Crippen LogP contribution in [0, 0.1) is 11.3 Å². The lowest BCUT2D eigenvalue weighted by Gasteiger charge is -2.08. The van der Waals surface area contributed by atoms with Gasteiger partial charge in [-0.05, 0) is 36.4 Å². The number of nitrogens with zero attached hydrogens (tertiary/aromatic N) is 1. The summed E-state index contributed by atoms with van der Waals surface area (Å²) >= 11 is 0. The van der Waals surface area contributed by atoms with Crippen LogP contribution in [-0.4, -0.2) is 28.9 Å². The maximum Gasteiger partial charge on any atom is 0.339 e. The summed E-state index contributed by atoms with van der Waals surface area (Å²) in [5.74, 6) is -1.22. The van der Waals surface area contributed by atoms with Crippen molar-refractivity contribution in [2.45, 2.75) is 4.90 Å². The summed E-state index contributed by atoms with van der Waals surface area (Å²) in [4.78, 5) is 24.2. The number of benzene rings is 2. The Balaban J connectivity index is 1.95. The first kappa shape index (κ1) is 17.4. The topological polar surface area (TPSA) is 96.3 Å². The number of nitrogens with one attached hydrogen (secondary N) is 1. The molecule has 0 radical (unpaired) electrons. The van der Waals surface area contributed by atoms with Crippen LogP contribution in [-0.2, 0) is 20.3 Å². The highest BCUT2D eigenvalue weighted by Gasteiger charge is 2.16. The second-order valence-corrected chi connectivity index (χ2v) is 6.11. The quantitative estimate of drug-likeness (QED) is 0.839. The number of anilines is 1. The second kappa shape index (κ2) is 8.04. The number of carbonyl (C=O) groups is 2. The Morgan fingerprint density at radius 2 is 1.83 bits per heavy atom. The number of amides is 1. The molecule has 0 aliphatic heterocycles. The summed E-state index contributed by atoms with van der Waals surface area (Å²) < 4.78 is 16.6. The third-order valence-corrected chi connectivity index (χ3v) is 4.02. The Morgan fingerprint density at radius 1 is 1.17 bits per heavy atom. The van der Waals surface area contributed by atoms with Crippen molar-refractivity contribution in [1.29, 1.82) is 5.26 Å². The molecule has 0 aromatic heterocycles. The predicted molar refractivity (Wildman–Crippen MR) is 88.8 cm³/mol. The SMILES string of the molecule is C[S@](=O)c1ccccc1C(=O)OCC(=O)Nc1ccc(C#N)cc1. The minimum atomic E-state index is -1.34. The van der Waals surface area contributed by atoms with Crippen LogP contribution in [0.25, 0.3) is 0 Å². The summed E-state index contributed by atoms with van der Waals surface area (Å²) in [5, 5.41) is 11.3. The number of hydrogen-bond acceptors (Lipinski definition) is 5.